The summed E-state index contributed by atoms with van der Waals surface area (Å²) in [5, 5.41) is 1.16. The van der Waals surface area contributed by atoms with E-state index in [1.807, 2.05) is 18.3 Å². The zero-order chi connectivity index (χ0) is 14.8. The second kappa shape index (κ2) is 5.98. The van der Waals surface area contributed by atoms with E-state index in [0.717, 1.165) is 23.0 Å². The van der Waals surface area contributed by atoms with Gasteiger partial charge in [0.25, 0.3) is 0 Å². The average Bonchev–Trinajstić information content (AvgIpc) is 3.32. The standard InChI is InChI=1S/C17H21N3S/c1-2-3-10-20(12-8-9-12)16-13-6-4-5-7-15(13)19-11-14(16)17(18)21/h4-7,11-12H,2-3,8-10H2,1H3,(H2,18,21). The minimum Gasteiger partial charge on any atom is -0.389 e. The van der Waals surface area contributed by atoms with Gasteiger partial charge in [0.1, 0.15) is 4.99 Å². The molecule has 0 spiro atoms. The zero-order valence-electron chi connectivity index (χ0n) is 12.4. The van der Waals surface area contributed by atoms with Crippen LogP contribution in [0.1, 0.15) is 38.2 Å². The predicted octanol–water partition coefficient (Wildman–Crippen LogP) is 3.64. The van der Waals surface area contributed by atoms with Gasteiger partial charge < -0.3 is 10.6 Å². The maximum Gasteiger partial charge on any atom is 0.107 e. The van der Waals surface area contributed by atoms with Crippen LogP contribution < -0.4 is 10.6 Å². The number of thiocarbonyl (C=S) groups is 1. The molecule has 2 aromatic rings. The molecule has 0 saturated heterocycles. The van der Waals surface area contributed by atoms with Crippen molar-refractivity contribution < 1.29 is 0 Å². The topological polar surface area (TPSA) is 42.1 Å². The van der Waals surface area contributed by atoms with Crippen LogP contribution in [0.3, 0.4) is 0 Å². The lowest BCUT2D eigenvalue weighted by atomic mass is 10.1. The van der Waals surface area contributed by atoms with Crippen molar-refractivity contribution in [3.05, 3.63) is 36.0 Å². The number of hydrogen-bond acceptors (Lipinski definition) is 3. The molecule has 1 aliphatic rings. The summed E-state index contributed by atoms with van der Waals surface area (Å²) < 4.78 is 0. The number of hydrogen-bond donors (Lipinski definition) is 1. The fourth-order valence-electron chi connectivity index (χ4n) is 2.81. The third-order valence-corrected chi connectivity index (χ3v) is 4.26. The number of pyridine rings is 1. The highest BCUT2D eigenvalue weighted by Gasteiger charge is 2.31. The molecule has 0 aliphatic heterocycles. The highest BCUT2D eigenvalue weighted by molar-refractivity contribution is 7.80. The monoisotopic (exact) mass is 299 g/mol. The number of anilines is 1. The van der Waals surface area contributed by atoms with Gasteiger partial charge >= 0.3 is 0 Å². The number of para-hydroxylation sites is 1. The van der Waals surface area contributed by atoms with Crippen molar-refractivity contribution in [3.8, 4) is 0 Å². The maximum atomic E-state index is 5.96. The van der Waals surface area contributed by atoms with Crippen LogP contribution in [-0.2, 0) is 0 Å². The van der Waals surface area contributed by atoms with Gasteiger partial charge in [-0.3, -0.25) is 4.98 Å². The Hall–Kier alpha value is -1.68. The van der Waals surface area contributed by atoms with Crippen molar-refractivity contribution in [2.75, 3.05) is 11.4 Å². The summed E-state index contributed by atoms with van der Waals surface area (Å²) in [5.41, 5.74) is 9.06. The molecule has 3 rings (SSSR count). The average molecular weight is 299 g/mol. The van der Waals surface area contributed by atoms with E-state index in [1.165, 1.54) is 31.4 Å². The van der Waals surface area contributed by atoms with Crippen molar-refractivity contribution in [3.63, 3.8) is 0 Å². The quantitative estimate of drug-likeness (QED) is 0.827. The van der Waals surface area contributed by atoms with Gasteiger partial charge in [-0.25, -0.2) is 0 Å². The van der Waals surface area contributed by atoms with E-state index >= 15 is 0 Å². The van der Waals surface area contributed by atoms with Gasteiger partial charge in [0.15, 0.2) is 0 Å². The van der Waals surface area contributed by atoms with Crippen molar-refractivity contribution in [2.45, 2.75) is 38.6 Å². The Kier molecular flexibility index (Phi) is 4.06. The van der Waals surface area contributed by atoms with E-state index in [1.54, 1.807) is 0 Å². The molecule has 21 heavy (non-hydrogen) atoms. The van der Waals surface area contributed by atoms with E-state index in [9.17, 15) is 0 Å². The number of nitrogens with two attached hydrogens (primary N) is 1. The van der Waals surface area contributed by atoms with Crippen LogP contribution in [0.15, 0.2) is 30.5 Å². The molecular weight excluding hydrogens is 278 g/mol. The van der Waals surface area contributed by atoms with Crippen molar-refractivity contribution >= 4 is 33.8 Å². The van der Waals surface area contributed by atoms with E-state index in [2.05, 4.69) is 28.9 Å². The number of fused-ring (bicyclic) bond motifs is 1. The second-order valence-electron chi connectivity index (χ2n) is 5.68. The summed E-state index contributed by atoms with van der Waals surface area (Å²) in [6, 6.07) is 8.89. The minimum atomic E-state index is 0.436. The van der Waals surface area contributed by atoms with Gasteiger partial charge in [0, 0.05) is 24.2 Å². The molecule has 3 nitrogen and oxygen atoms in total. The van der Waals surface area contributed by atoms with Crippen LogP contribution in [-0.4, -0.2) is 22.6 Å². The number of rotatable bonds is 6. The minimum absolute atomic E-state index is 0.436. The van der Waals surface area contributed by atoms with Crippen LogP contribution >= 0.6 is 12.2 Å². The molecule has 0 unspecified atom stereocenters. The van der Waals surface area contributed by atoms with Crippen LogP contribution in [0.25, 0.3) is 10.9 Å². The van der Waals surface area contributed by atoms with E-state index < -0.39 is 0 Å². The van der Waals surface area contributed by atoms with Crippen LogP contribution in [0.2, 0.25) is 0 Å². The first-order valence-corrected chi connectivity index (χ1v) is 8.07. The lowest BCUT2D eigenvalue weighted by Crippen LogP contribution is -2.29. The van der Waals surface area contributed by atoms with Crippen LogP contribution in [0, 0.1) is 0 Å². The smallest absolute Gasteiger partial charge is 0.107 e. The number of nitrogens with zero attached hydrogens (tertiary/aromatic N) is 2. The molecule has 110 valence electrons. The van der Waals surface area contributed by atoms with Crippen molar-refractivity contribution in [1.29, 1.82) is 0 Å². The largest absolute Gasteiger partial charge is 0.389 e. The molecule has 0 bridgehead atoms. The highest BCUT2D eigenvalue weighted by Crippen LogP contribution is 2.37. The maximum absolute atomic E-state index is 5.96. The summed E-state index contributed by atoms with van der Waals surface area (Å²) in [7, 11) is 0. The van der Waals surface area contributed by atoms with Gasteiger partial charge in [0.05, 0.1) is 16.8 Å². The van der Waals surface area contributed by atoms with Crippen molar-refractivity contribution in [2.24, 2.45) is 5.73 Å². The Labute approximate surface area is 131 Å². The van der Waals surface area contributed by atoms with Crippen LogP contribution in [0.4, 0.5) is 5.69 Å². The summed E-state index contributed by atoms with van der Waals surface area (Å²) in [4.78, 5) is 7.45. The Morgan fingerprint density at radius 1 is 1.38 bits per heavy atom. The molecular formula is C17H21N3S. The first kappa shape index (κ1) is 14.3. The summed E-state index contributed by atoms with van der Waals surface area (Å²) in [6.45, 7) is 3.29. The molecule has 1 fully saturated rings. The van der Waals surface area contributed by atoms with Gasteiger partial charge in [0.2, 0.25) is 0 Å². The van der Waals surface area contributed by atoms with Gasteiger partial charge in [-0.2, -0.15) is 0 Å². The molecule has 1 aromatic carbocycles. The predicted molar refractivity (Wildman–Crippen MR) is 92.9 cm³/mol. The third-order valence-electron chi connectivity index (χ3n) is 4.04. The fourth-order valence-corrected chi connectivity index (χ4v) is 2.96. The Balaban J connectivity index is 2.16. The fraction of sp³-hybridized carbons (Fsp3) is 0.412. The first-order valence-electron chi connectivity index (χ1n) is 7.66. The summed E-state index contributed by atoms with van der Waals surface area (Å²) >= 11 is 5.26. The molecule has 1 saturated carbocycles. The number of unbranched alkanes of at least 4 members (excludes halogenated alkanes) is 1. The highest BCUT2D eigenvalue weighted by atomic mass is 32.1. The first-order chi connectivity index (χ1) is 10.2. The van der Waals surface area contributed by atoms with Gasteiger partial charge in [-0.05, 0) is 25.3 Å². The second-order valence-corrected chi connectivity index (χ2v) is 6.12. The molecule has 1 aliphatic carbocycles. The number of benzene rings is 1. The van der Waals surface area contributed by atoms with E-state index in [-0.39, 0.29) is 0 Å². The molecule has 4 heteroatoms. The third kappa shape index (κ3) is 2.86. The Morgan fingerprint density at radius 2 is 2.14 bits per heavy atom. The molecule has 2 N–H and O–H groups in total. The van der Waals surface area contributed by atoms with E-state index in [0.29, 0.717) is 11.0 Å². The molecule has 0 radical (unpaired) electrons. The number of aromatic nitrogens is 1. The molecule has 0 amide bonds. The lowest BCUT2D eigenvalue weighted by Gasteiger charge is -2.28. The molecule has 1 aromatic heterocycles. The zero-order valence-corrected chi connectivity index (χ0v) is 13.2. The van der Waals surface area contributed by atoms with Gasteiger partial charge in [-0.15, -0.1) is 0 Å². The SMILES string of the molecule is CCCCN(c1c(C(N)=S)cnc2ccccc12)C1CC1. The van der Waals surface area contributed by atoms with E-state index in [4.69, 9.17) is 18.0 Å². The van der Waals surface area contributed by atoms with Gasteiger partial charge in [-0.1, -0.05) is 43.8 Å². The molecule has 0 atom stereocenters. The Morgan fingerprint density at radius 3 is 2.81 bits per heavy atom. The molecule has 1 heterocycles. The summed E-state index contributed by atoms with van der Waals surface area (Å²) in [5.74, 6) is 0. The normalized spacial score (nSPS) is 14.3. The Bertz CT molecular complexity index is 664. The van der Waals surface area contributed by atoms with Crippen molar-refractivity contribution in [1.82, 2.24) is 4.98 Å². The van der Waals surface area contributed by atoms with Crippen LogP contribution in [0.5, 0.6) is 0 Å². The summed E-state index contributed by atoms with van der Waals surface area (Å²) in [6.07, 6.45) is 6.73. The lowest BCUT2D eigenvalue weighted by molar-refractivity contribution is 0.714.